The summed E-state index contributed by atoms with van der Waals surface area (Å²) in [6.07, 6.45) is 8.53. The van der Waals surface area contributed by atoms with Gasteiger partial charge in [-0.15, -0.1) is 0 Å². The van der Waals surface area contributed by atoms with Crippen LogP contribution in [0.25, 0.3) is 10.9 Å². The highest BCUT2D eigenvalue weighted by atomic mass is 15.1. The largest absolute Gasteiger partial charge is 0.397 e. The van der Waals surface area contributed by atoms with Crippen LogP contribution < -0.4 is 10.6 Å². The topological polar surface area (TPSA) is 42.1 Å². The van der Waals surface area contributed by atoms with E-state index in [1.165, 1.54) is 43.2 Å². The number of para-hydroxylation sites is 1. The molecule has 3 rings (SSSR count). The van der Waals surface area contributed by atoms with E-state index in [2.05, 4.69) is 22.0 Å². The molecule has 0 radical (unpaired) electrons. The first kappa shape index (κ1) is 12.3. The van der Waals surface area contributed by atoms with Crippen molar-refractivity contribution in [2.45, 2.75) is 32.1 Å². The molecular weight excluding hydrogens is 234 g/mol. The number of anilines is 2. The molecular formula is C16H21N3. The highest BCUT2D eigenvalue weighted by Gasteiger charge is 2.12. The lowest BCUT2D eigenvalue weighted by Crippen LogP contribution is -2.27. The van der Waals surface area contributed by atoms with Crippen LogP contribution in [0.5, 0.6) is 0 Å². The lowest BCUT2D eigenvalue weighted by molar-refractivity contribution is 0.557. The number of aromatic nitrogens is 1. The van der Waals surface area contributed by atoms with E-state index in [0.717, 1.165) is 24.3 Å². The van der Waals surface area contributed by atoms with Crippen molar-refractivity contribution >= 4 is 22.3 Å². The van der Waals surface area contributed by atoms with E-state index in [0.29, 0.717) is 0 Å². The van der Waals surface area contributed by atoms with Gasteiger partial charge in [0, 0.05) is 30.4 Å². The summed E-state index contributed by atoms with van der Waals surface area (Å²) in [6, 6.07) is 8.20. The standard InChI is InChI=1S/C16H21N3/c17-14-8-6-7-13-15(9-10-18-16(13)14)19-11-4-2-1-3-5-12-19/h6-10H,1-5,11-12,17H2. The summed E-state index contributed by atoms with van der Waals surface area (Å²) in [5, 5.41) is 1.18. The molecule has 0 amide bonds. The van der Waals surface area contributed by atoms with Gasteiger partial charge in [0.25, 0.3) is 0 Å². The lowest BCUT2D eigenvalue weighted by Gasteiger charge is -2.28. The molecule has 3 heteroatoms. The third kappa shape index (κ3) is 2.50. The monoisotopic (exact) mass is 255 g/mol. The summed E-state index contributed by atoms with van der Waals surface area (Å²) >= 11 is 0. The first-order valence-corrected chi connectivity index (χ1v) is 7.24. The van der Waals surface area contributed by atoms with Gasteiger partial charge in [0.05, 0.1) is 11.2 Å². The Morgan fingerprint density at radius 2 is 1.68 bits per heavy atom. The van der Waals surface area contributed by atoms with E-state index in [4.69, 9.17) is 5.73 Å². The van der Waals surface area contributed by atoms with Crippen LogP contribution in [0.1, 0.15) is 32.1 Å². The summed E-state index contributed by atoms with van der Waals surface area (Å²) in [4.78, 5) is 6.93. The third-order valence-corrected chi connectivity index (χ3v) is 3.98. The Morgan fingerprint density at radius 1 is 0.947 bits per heavy atom. The van der Waals surface area contributed by atoms with E-state index in [1.54, 1.807) is 0 Å². The fourth-order valence-corrected chi connectivity index (χ4v) is 2.95. The van der Waals surface area contributed by atoms with Crippen LogP contribution in [0.4, 0.5) is 11.4 Å². The minimum absolute atomic E-state index is 0.770. The smallest absolute Gasteiger partial charge is 0.0951 e. The molecule has 1 fully saturated rings. The molecule has 19 heavy (non-hydrogen) atoms. The van der Waals surface area contributed by atoms with Crippen LogP contribution in [0.15, 0.2) is 30.5 Å². The summed E-state index contributed by atoms with van der Waals surface area (Å²) in [7, 11) is 0. The van der Waals surface area contributed by atoms with Crippen molar-refractivity contribution in [3.8, 4) is 0 Å². The van der Waals surface area contributed by atoms with Gasteiger partial charge in [-0.3, -0.25) is 4.98 Å². The molecule has 100 valence electrons. The van der Waals surface area contributed by atoms with Crippen LogP contribution in [-0.2, 0) is 0 Å². The van der Waals surface area contributed by atoms with Gasteiger partial charge in [0.15, 0.2) is 0 Å². The minimum atomic E-state index is 0.770. The van der Waals surface area contributed by atoms with Crippen LogP contribution in [0.2, 0.25) is 0 Å². The molecule has 2 aromatic rings. The molecule has 0 saturated carbocycles. The normalized spacial score (nSPS) is 17.2. The van der Waals surface area contributed by atoms with Crippen molar-refractivity contribution in [1.82, 2.24) is 4.98 Å². The van der Waals surface area contributed by atoms with Gasteiger partial charge in [0.1, 0.15) is 0 Å². The van der Waals surface area contributed by atoms with Crippen molar-refractivity contribution in [3.05, 3.63) is 30.5 Å². The Hall–Kier alpha value is -1.77. The van der Waals surface area contributed by atoms with Crippen LogP contribution in [-0.4, -0.2) is 18.1 Å². The maximum Gasteiger partial charge on any atom is 0.0951 e. The van der Waals surface area contributed by atoms with Crippen LogP contribution >= 0.6 is 0 Å². The maximum absolute atomic E-state index is 6.03. The van der Waals surface area contributed by atoms with Gasteiger partial charge < -0.3 is 10.6 Å². The average molecular weight is 255 g/mol. The summed E-state index contributed by atoms with van der Waals surface area (Å²) in [5.41, 5.74) is 9.02. The molecule has 0 unspecified atom stereocenters. The van der Waals surface area contributed by atoms with Crippen LogP contribution in [0.3, 0.4) is 0 Å². The molecule has 3 nitrogen and oxygen atoms in total. The predicted molar refractivity (Wildman–Crippen MR) is 81.5 cm³/mol. The zero-order chi connectivity index (χ0) is 13.1. The number of pyridine rings is 1. The van der Waals surface area contributed by atoms with Gasteiger partial charge in [0.2, 0.25) is 0 Å². The van der Waals surface area contributed by atoms with Crippen molar-refractivity contribution < 1.29 is 0 Å². The molecule has 1 aromatic carbocycles. The second kappa shape index (κ2) is 5.47. The zero-order valence-electron chi connectivity index (χ0n) is 11.3. The first-order chi connectivity index (χ1) is 9.36. The van der Waals surface area contributed by atoms with E-state index >= 15 is 0 Å². The Balaban J connectivity index is 2.01. The Labute approximate surface area is 114 Å². The van der Waals surface area contributed by atoms with E-state index < -0.39 is 0 Å². The highest BCUT2D eigenvalue weighted by molar-refractivity contribution is 5.97. The second-order valence-electron chi connectivity index (χ2n) is 5.33. The molecule has 1 saturated heterocycles. The highest BCUT2D eigenvalue weighted by Crippen LogP contribution is 2.29. The summed E-state index contributed by atoms with van der Waals surface area (Å²) < 4.78 is 0. The molecule has 1 aliphatic rings. The minimum Gasteiger partial charge on any atom is -0.397 e. The number of nitrogens with two attached hydrogens (primary N) is 1. The molecule has 2 heterocycles. The molecule has 0 spiro atoms. The summed E-state index contributed by atoms with van der Waals surface area (Å²) in [5.74, 6) is 0. The quantitative estimate of drug-likeness (QED) is 0.792. The maximum atomic E-state index is 6.03. The second-order valence-corrected chi connectivity index (χ2v) is 5.33. The average Bonchev–Trinajstić information content (AvgIpc) is 2.39. The van der Waals surface area contributed by atoms with Gasteiger partial charge in [-0.2, -0.15) is 0 Å². The van der Waals surface area contributed by atoms with Crippen molar-refractivity contribution in [3.63, 3.8) is 0 Å². The van der Waals surface area contributed by atoms with Gasteiger partial charge >= 0.3 is 0 Å². The van der Waals surface area contributed by atoms with E-state index in [1.807, 2.05) is 18.3 Å². The molecule has 0 bridgehead atoms. The Kier molecular flexibility index (Phi) is 3.53. The van der Waals surface area contributed by atoms with E-state index in [-0.39, 0.29) is 0 Å². The van der Waals surface area contributed by atoms with Crippen molar-refractivity contribution in [1.29, 1.82) is 0 Å². The summed E-state index contributed by atoms with van der Waals surface area (Å²) in [6.45, 7) is 2.29. The third-order valence-electron chi connectivity index (χ3n) is 3.98. The number of hydrogen-bond acceptors (Lipinski definition) is 3. The van der Waals surface area contributed by atoms with Gasteiger partial charge in [-0.05, 0) is 25.0 Å². The van der Waals surface area contributed by atoms with Gasteiger partial charge in [-0.1, -0.05) is 31.4 Å². The number of rotatable bonds is 1. The van der Waals surface area contributed by atoms with E-state index in [9.17, 15) is 0 Å². The molecule has 2 N–H and O–H groups in total. The fourth-order valence-electron chi connectivity index (χ4n) is 2.95. The first-order valence-electron chi connectivity index (χ1n) is 7.24. The molecule has 1 aliphatic heterocycles. The number of nitrogen functional groups attached to an aromatic ring is 1. The van der Waals surface area contributed by atoms with Crippen LogP contribution in [0, 0.1) is 0 Å². The lowest BCUT2D eigenvalue weighted by atomic mass is 10.1. The predicted octanol–water partition coefficient (Wildman–Crippen LogP) is 3.59. The fraction of sp³-hybridized carbons (Fsp3) is 0.438. The molecule has 0 aliphatic carbocycles. The molecule has 0 atom stereocenters. The number of hydrogen-bond donors (Lipinski definition) is 1. The zero-order valence-corrected chi connectivity index (χ0v) is 11.3. The Morgan fingerprint density at radius 3 is 2.47 bits per heavy atom. The number of benzene rings is 1. The molecule has 1 aromatic heterocycles. The number of nitrogens with zero attached hydrogens (tertiary/aromatic N) is 2. The SMILES string of the molecule is Nc1cccc2c(N3CCCCCCC3)ccnc12. The van der Waals surface area contributed by atoms with Gasteiger partial charge in [-0.25, -0.2) is 0 Å². The Bertz CT molecular complexity index is 557. The van der Waals surface area contributed by atoms with Crippen molar-refractivity contribution in [2.24, 2.45) is 0 Å². The van der Waals surface area contributed by atoms with Crippen molar-refractivity contribution in [2.75, 3.05) is 23.7 Å². The number of fused-ring (bicyclic) bond motifs is 1.